The highest BCUT2D eigenvalue weighted by Gasteiger charge is 2.29. The molecule has 3 rings (SSSR count). The zero-order valence-corrected chi connectivity index (χ0v) is 32.1. The van der Waals surface area contributed by atoms with Crippen molar-refractivity contribution < 1.29 is 4.79 Å². The molecule has 44 heavy (non-hydrogen) atoms. The van der Waals surface area contributed by atoms with Crippen LogP contribution in [0.3, 0.4) is 0 Å². The summed E-state index contributed by atoms with van der Waals surface area (Å²) < 4.78 is 0. The van der Waals surface area contributed by atoms with Gasteiger partial charge in [0, 0.05) is 26.1 Å². The van der Waals surface area contributed by atoms with Crippen molar-refractivity contribution in [1.82, 2.24) is 4.90 Å². The number of likely N-dealkylation sites (N-methyl/N-ethyl adjacent to an activating group) is 1. The number of carbonyl (C=O) groups excluding carboxylic acids is 1. The summed E-state index contributed by atoms with van der Waals surface area (Å²) in [6.07, 6.45) is 20.9. The summed E-state index contributed by atoms with van der Waals surface area (Å²) in [7, 11) is 1.89. The molecule has 2 N–H and O–H groups in total. The topological polar surface area (TPSA) is 58.7 Å². The van der Waals surface area contributed by atoms with E-state index in [1.807, 2.05) is 78.6 Å². The molecule has 0 spiro atoms. The first-order valence-corrected chi connectivity index (χ1v) is 17.9. The van der Waals surface area contributed by atoms with Crippen molar-refractivity contribution >= 4 is 11.6 Å². The van der Waals surface area contributed by atoms with Gasteiger partial charge in [0.05, 0.1) is 5.71 Å². The molecule has 0 unspecified atom stereocenters. The fourth-order valence-electron chi connectivity index (χ4n) is 4.27. The van der Waals surface area contributed by atoms with E-state index in [2.05, 4.69) is 71.5 Å². The highest BCUT2D eigenvalue weighted by molar-refractivity contribution is 6.12. The number of nitrogens with zero attached hydrogens (tertiary/aromatic N) is 2. The highest BCUT2D eigenvalue weighted by Crippen LogP contribution is 2.38. The molecule has 4 nitrogen and oxygen atoms in total. The van der Waals surface area contributed by atoms with Gasteiger partial charge < -0.3 is 10.6 Å². The van der Waals surface area contributed by atoms with Gasteiger partial charge in [-0.05, 0) is 102 Å². The summed E-state index contributed by atoms with van der Waals surface area (Å²) in [6, 6.07) is 0. The summed E-state index contributed by atoms with van der Waals surface area (Å²) in [5.74, 6) is 2.00. The third-order valence-electron chi connectivity index (χ3n) is 6.63. The second kappa shape index (κ2) is 40.8. The van der Waals surface area contributed by atoms with E-state index in [0.717, 1.165) is 64.1 Å². The van der Waals surface area contributed by atoms with Crippen LogP contribution < -0.4 is 5.73 Å². The van der Waals surface area contributed by atoms with Gasteiger partial charge in [-0.1, -0.05) is 99.1 Å². The van der Waals surface area contributed by atoms with E-state index in [4.69, 9.17) is 5.73 Å². The van der Waals surface area contributed by atoms with Gasteiger partial charge in [0.25, 0.3) is 0 Å². The molecular weight excluding hydrogens is 538 g/mol. The van der Waals surface area contributed by atoms with Crippen molar-refractivity contribution in [3.63, 3.8) is 0 Å². The van der Waals surface area contributed by atoms with Crippen LogP contribution in [0.1, 0.15) is 141 Å². The molecule has 1 amide bonds. The Kier molecular flexibility index (Phi) is 47.6. The van der Waals surface area contributed by atoms with Crippen LogP contribution in [0, 0.1) is 17.8 Å². The summed E-state index contributed by atoms with van der Waals surface area (Å²) >= 11 is 0. The lowest BCUT2D eigenvalue weighted by molar-refractivity contribution is -0.134. The quantitative estimate of drug-likeness (QED) is 0.289. The third kappa shape index (κ3) is 27.4. The Bertz CT molecular complexity index is 736. The maximum atomic E-state index is 12.1. The lowest BCUT2D eigenvalue weighted by Crippen LogP contribution is -2.35. The number of carbonyl (C=O) groups is 1. The van der Waals surface area contributed by atoms with Crippen molar-refractivity contribution in [3.8, 4) is 0 Å². The number of allylic oxidation sites excluding steroid dienone is 5. The van der Waals surface area contributed by atoms with Gasteiger partial charge in [0.2, 0.25) is 5.91 Å². The zero-order chi connectivity index (χ0) is 35.3. The van der Waals surface area contributed by atoms with Crippen molar-refractivity contribution in [1.29, 1.82) is 0 Å². The number of hydrogen-bond acceptors (Lipinski definition) is 3. The van der Waals surface area contributed by atoms with E-state index < -0.39 is 0 Å². The van der Waals surface area contributed by atoms with Crippen molar-refractivity contribution in [2.75, 3.05) is 26.7 Å². The summed E-state index contributed by atoms with van der Waals surface area (Å²) in [5, 5.41) is 0. The zero-order valence-electron chi connectivity index (χ0n) is 32.1. The minimum Gasteiger partial charge on any atom is -0.342 e. The Morgan fingerprint density at radius 2 is 1.41 bits per heavy atom. The molecule has 0 radical (unpaired) electrons. The van der Waals surface area contributed by atoms with Crippen LogP contribution in [0.25, 0.3) is 0 Å². The van der Waals surface area contributed by atoms with Crippen molar-refractivity contribution in [2.24, 2.45) is 28.5 Å². The first kappa shape index (κ1) is 51.4. The molecule has 1 heterocycles. The van der Waals surface area contributed by atoms with Crippen LogP contribution in [-0.2, 0) is 4.79 Å². The molecule has 1 aliphatic heterocycles. The van der Waals surface area contributed by atoms with Crippen LogP contribution in [0.15, 0.2) is 66.3 Å². The van der Waals surface area contributed by atoms with Gasteiger partial charge in [0.15, 0.2) is 0 Å². The van der Waals surface area contributed by atoms with Gasteiger partial charge in [-0.25, -0.2) is 0 Å². The fraction of sp³-hybridized carbons (Fsp3) is 0.700. The molecule has 260 valence electrons. The number of nitrogens with two attached hydrogens (primary N) is 1. The van der Waals surface area contributed by atoms with E-state index in [1.165, 1.54) is 36.1 Å². The highest BCUT2D eigenvalue weighted by atomic mass is 16.2. The van der Waals surface area contributed by atoms with E-state index in [1.54, 1.807) is 0 Å². The van der Waals surface area contributed by atoms with Gasteiger partial charge >= 0.3 is 0 Å². The van der Waals surface area contributed by atoms with Crippen LogP contribution in [0.5, 0.6) is 0 Å². The monoisotopic (exact) mass is 618 g/mol. The molecule has 3 aliphatic rings. The summed E-state index contributed by atoms with van der Waals surface area (Å²) in [5.41, 5.74) is 9.81. The fourth-order valence-corrected chi connectivity index (χ4v) is 4.27. The number of rotatable bonds is 7. The Hall–Kier alpha value is -2.20. The van der Waals surface area contributed by atoms with Gasteiger partial charge in [-0.2, -0.15) is 0 Å². The van der Waals surface area contributed by atoms with Crippen molar-refractivity contribution in [3.05, 3.63) is 61.3 Å². The van der Waals surface area contributed by atoms with Crippen LogP contribution in [0.2, 0.25) is 0 Å². The first-order valence-electron chi connectivity index (χ1n) is 17.9. The standard InChI is InChI=1S/C13H24N2O.C12H17N.C4H8.C3H8.3C2H6.C2H4/c1-3-4-9-15(2)13(16)12-7-5-11(10-14)6-8-12;1-3-11(10-6-7-10)12-9(2)5-4-8-13-12;1-3-4-2;1-3-2;4*1-2/h3-4,11-12H,5-10,14H2,1-2H3;3,5,10H,4,6-8H2,1-2H3;3H,1,4H2,2H3;3H2,1-2H3;3*1-2H3;1-2H2/b4-3+;11-3+;;;;;;. The van der Waals surface area contributed by atoms with Gasteiger partial charge in [0.1, 0.15) is 0 Å². The molecule has 2 fully saturated rings. The second-order valence-electron chi connectivity index (χ2n) is 10.1. The molecular formula is C40H79N3O. The minimum atomic E-state index is 0.234. The Balaban J connectivity index is -0.000000161. The Labute approximate surface area is 278 Å². The normalized spacial score (nSPS) is 18.0. The predicted molar refractivity (Wildman–Crippen MR) is 206 cm³/mol. The Morgan fingerprint density at radius 1 is 0.955 bits per heavy atom. The molecule has 0 atom stereocenters. The van der Waals surface area contributed by atoms with Crippen LogP contribution in [0.4, 0.5) is 0 Å². The van der Waals surface area contributed by atoms with Crippen LogP contribution >= 0.6 is 0 Å². The van der Waals surface area contributed by atoms with E-state index in [9.17, 15) is 4.79 Å². The molecule has 0 aromatic rings. The molecule has 4 heteroatoms. The maximum absolute atomic E-state index is 12.1. The SMILES string of the molecule is C/C=C(/C1=NCCC=C1C)C1CC1.C/C=C/CN(C)C(=O)C1CCC(CN)CC1.C=C.C=CCC.CC.CC.CC.CCC. The third-order valence-corrected chi connectivity index (χ3v) is 6.63. The van der Waals surface area contributed by atoms with Crippen LogP contribution in [-0.4, -0.2) is 43.2 Å². The molecule has 0 aromatic carbocycles. The summed E-state index contributed by atoms with van der Waals surface area (Å²) in [4.78, 5) is 18.5. The van der Waals surface area contributed by atoms with E-state index >= 15 is 0 Å². The predicted octanol–water partition coefficient (Wildman–Crippen LogP) is 11.8. The minimum absolute atomic E-state index is 0.234. The van der Waals surface area contributed by atoms with E-state index in [-0.39, 0.29) is 5.92 Å². The van der Waals surface area contributed by atoms with Crippen molar-refractivity contribution in [2.45, 2.75) is 141 Å². The average molecular weight is 618 g/mol. The average Bonchev–Trinajstić information content (AvgIpc) is 3.94. The number of aliphatic imine (C=N–C) groups is 1. The summed E-state index contributed by atoms with van der Waals surface area (Å²) in [6.45, 7) is 36.6. The first-order chi connectivity index (χ1) is 21.3. The molecule has 2 saturated carbocycles. The lowest BCUT2D eigenvalue weighted by atomic mass is 9.81. The van der Waals surface area contributed by atoms with E-state index in [0.29, 0.717) is 11.8 Å². The molecule has 0 bridgehead atoms. The lowest BCUT2D eigenvalue weighted by Gasteiger charge is -2.29. The molecule has 0 saturated heterocycles. The maximum Gasteiger partial charge on any atom is 0.225 e. The second-order valence-corrected chi connectivity index (χ2v) is 10.1. The number of amides is 1. The number of hydrogen-bond donors (Lipinski definition) is 1. The van der Waals surface area contributed by atoms with Gasteiger partial charge in [-0.15, -0.1) is 19.7 Å². The number of dihydropyridines is 1. The largest absolute Gasteiger partial charge is 0.342 e. The smallest absolute Gasteiger partial charge is 0.225 e. The van der Waals surface area contributed by atoms with Gasteiger partial charge in [-0.3, -0.25) is 9.79 Å². The Morgan fingerprint density at radius 3 is 1.75 bits per heavy atom. The molecule has 0 aromatic heterocycles. The molecule has 2 aliphatic carbocycles.